The third-order valence-corrected chi connectivity index (χ3v) is 4.25. The van der Waals surface area contributed by atoms with Gasteiger partial charge in [-0.1, -0.05) is 44.2 Å². The number of nitrogens with one attached hydrogen (secondary N) is 2. The highest BCUT2D eigenvalue weighted by Gasteiger charge is 2.53. The molecule has 0 atom stereocenters. The quantitative estimate of drug-likeness (QED) is 0.854. The number of hydrogen-bond acceptors (Lipinski definition) is 2. The molecule has 1 saturated heterocycles. The second-order valence-electron chi connectivity index (χ2n) is 5.30. The highest BCUT2D eigenvalue weighted by atomic mass is 16.2. The van der Waals surface area contributed by atoms with Crippen LogP contribution in [-0.4, -0.2) is 29.7 Å². The first-order valence-corrected chi connectivity index (χ1v) is 7.29. The fraction of sp³-hybridized carbons (Fsp3) is 0.438. The number of carbonyl (C=O) groups excluding carboxylic acids is 2. The van der Waals surface area contributed by atoms with Crippen molar-refractivity contribution in [2.45, 2.75) is 33.2 Å². The average Bonchev–Trinajstić information content (AvgIpc) is 2.52. The molecule has 0 aliphatic carbocycles. The molecule has 2 N–H and O–H groups in total. The monoisotopic (exact) mass is 288 g/mol. The van der Waals surface area contributed by atoms with Gasteiger partial charge in [0.15, 0.2) is 0 Å². The first kappa shape index (κ1) is 15.2. The predicted molar refractivity (Wildman–Crippen MR) is 80.4 cm³/mol. The number of carbonyl (C=O) groups is 2. The molecule has 3 amide bonds. The number of amides is 3. The van der Waals surface area contributed by atoms with Crippen molar-refractivity contribution in [3.05, 3.63) is 35.9 Å². The molecule has 1 aliphatic rings. The Morgan fingerprint density at radius 3 is 2.33 bits per heavy atom. The Morgan fingerprint density at radius 2 is 1.76 bits per heavy atom. The highest BCUT2D eigenvalue weighted by Crippen LogP contribution is 2.30. The van der Waals surface area contributed by atoms with E-state index in [1.54, 1.807) is 0 Å². The summed E-state index contributed by atoms with van der Waals surface area (Å²) in [5, 5.41) is 2.83. The van der Waals surface area contributed by atoms with Crippen LogP contribution < -0.4 is 10.3 Å². The van der Waals surface area contributed by atoms with E-state index in [4.69, 9.17) is 0 Å². The van der Waals surface area contributed by atoms with Gasteiger partial charge in [-0.15, -0.1) is 0 Å². The third-order valence-electron chi connectivity index (χ3n) is 4.25. The summed E-state index contributed by atoms with van der Waals surface area (Å²) in [6.07, 6.45) is 1.29. The van der Waals surface area contributed by atoms with Crippen LogP contribution in [0, 0.1) is 5.41 Å². The van der Waals surface area contributed by atoms with Crippen LogP contribution in [0.2, 0.25) is 0 Å². The molecule has 0 saturated carbocycles. The molecule has 0 radical (unpaired) electrons. The van der Waals surface area contributed by atoms with Crippen molar-refractivity contribution in [2.75, 3.05) is 7.05 Å². The number of urea groups is 1. The number of benzene rings is 1. The molecule has 1 aromatic carbocycles. The number of nitrogens with zero attached hydrogens (tertiary/aromatic N) is 1. The van der Waals surface area contributed by atoms with Gasteiger partial charge in [0.2, 0.25) is 5.91 Å². The minimum Gasteiger partial charge on any atom is -0.273 e. The van der Waals surface area contributed by atoms with E-state index in [0.29, 0.717) is 25.2 Å². The smallest absolute Gasteiger partial charge is 0.273 e. The highest BCUT2D eigenvalue weighted by molar-refractivity contribution is 6.19. The Bertz CT molecular complexity index is 562. The lowest BCUT2D eigenvalue weighted by molar-refractivity contribution is -0.481. The van der Waals surface area contributed by atoms with E-state index in [1.807, 2.05) is 44.2 Å². The van der Waals surface area contributed by atoms with Gasteiger partial charge in [-0.3, -0.25) is 9.79 Å². The predicted octanol–water partition coefficient (Wildman–Crippen LogP) is 0.654. The molecule has 0 spiro atoms. The molecular formula is C16H22N3O2+. The SMILES string of the molecule is CCC1(CC)C(=O)N(C)C(=O)NC1=[NH+]Cc1ccccc1. The molecule has 0 bridgehead atoms. The van der Waals surface area contributed by atoms with E-state index >= 15 is 0 Å². The number of imide groups is 1. The normalized spacial score (nSPS) is 19.8. The fourth-order valence-corrected chi connectivity index (χ4v) is 2.74. The lowest BCUT2D eigenvalue weighted by atomic mass is 9.78. The zero-order valence-corrected chi connectivity index (χ0v) is 12.8. The average molecular weight is 288 g/mol. The van der Waals surface area contributed by atoms with Crippen LogP contribution in [0.25, 0.3) is 0 Å². The first-order chi connectivity index (χ1) is 10.0. The Hall–Kier alpha value is -2.17. The van der Waals surface area contributed by atoms with Crippen molar-refractivity contribution < 1.29 is 14.6 Å². The molecular weight excluding hydrogens is 266 g/mol. The lowest BCUT2D eigenvalue weighted by Crippen LogP contribution is -2.82. The molecule has 1 aliphatic heterocycles. The minimum absolute atomic E-state index is 0.146. The van der Waals surface area contributed by atoms with Crippen LogP contribution in [0.3, 0.4) is 0 Å². The maximum Gasteiger partial charge on any atom is 0.415 e. The van der Waals surface area contributed by atoms with E-state index in [2.05, 4.69) is 10.3 Å². The van der Waals surface area contributed by atoms with Crippen molar-refractivity contribution in [3.63, 3.8) is 0 Å². The minimum atomic E-state index is -0.669. The van der Waals surface area contributed by atoms with E-state index in [-0.39, 0.29) is 11.9 Å². The molecule has 2 rings (SSSR count). The molecule has 5 nitrogen and oxygen atoms in total. The molecule has 1 fully saturated rings. The van der Waals surface area contributed by atoms with Gasteiger partial charge in [0.25, 0.3) is 5.84 Å². The van der Waals surface area contributed by atoms with Crippen LogP contribution in [0.5, 0.6) is 0 Å². The summed E-state index contributed by atoms with van der Waals surface area (Å²) in [7, 11) is 1.52. The van der Waals surface area contributed by atoms with Gasteiger partial charge in [0.05, 0.1) is 0 Å². The number of rotatable bonds is 4. The summed E-state index contributed by atoms with van der Waals surface area (Å²) in [5.41, 5.74) is 0.434. The molecule has 1 aromatic rings. The van der Waals surface area contributed by atoms with Crippen molar-refractivity contribution in [1.29, 1.82) is 0 Å². The third kappa shape index (κ3) is 2.68. The van der Waals surface area contributed by atoms with Crippen LogP contribution in [-0.2, 0) is 11.3 Å². The molecule has 0 aromatic heterocycles. The van der Waals surface area contributed by atoms with E-state index in [9.17, 15) is 9.59 Å². The van der Waals surface area contributed by atoms with E-state index in [0.717, 1.165) is 5.56 Å². The topological polar surface area (TPSA) is 63.4 Å². The van der Waals surface area contributed by atoms with Gasteiger partial charge in [0.1, 0.15) is 12.0 Å². The standard InChI is InChI=1S/C16H21N3O2/c1-4-16(5-2)13(18-15(21)19(3)14(16)20)17-11-12-9-7-6-8-10-12/h6-10H,4-5,11H2,1-3H3,(H,17,18,21)/p+1. The van der Waals surface area contributed by atoms with Crippen molar-refractivity contribution in [3.8, 4) is 0 Å². The van der Waals surface area contributed by atoms with Crippen molar-refractivity contribution in [1.82, 2.24) is 10.2 Å². The van der Waals surface area contributed by atoms with Crippen LogP contribution >= 0.6 is 0 Å². The second kappa shape index (κ2) is 6.08. The van der Waals surface area contributed by atoms with Crippen LogP contribution in [0.4, 0.5) is 4.79 Å². The fourth-order valence-electron chi connectivity index (χ4n) is 2.74. The zero-order chi connectivity index (χ0) is 15.5. The summed E-state index contributed by atoms with van der Waals surface area (Å²) >= 11 is 0. The van der Waals surface area contributed by atoms with Gasteiger partial charge in [-0.2, -0.15) is 5.32 Å². The van der Waals surface area contributed by atoms with Gasteiger partial charge in [0, 0.05) is 7.05 Å². The molecule has 1 heterocycles. The lowest BCUT2D eigenvalue weighted by Gasteiger charge is -2.34. The summed E-state index contributed by atoms with van der Waals surface area (Å²) < 4.78 is 0. The Kier molecular flexibility index (Phi) is 4.40. The van der Waals surface area contributed by atoms with Gasteiger partial charge < -0.3 is 0 Å². The largest absolute Gasteiger partial charge is 0.415 e. The molecule has 5 heteroatoms. The number of amidine groups is 1. The van der Waals surface area contributed by atoms with Crippen LogP contribution in [0.1, 0.15) is 32.3 Å². The van der Waals surface area contributed by atoms with Crippen molar-refractivity contribution >= 4 is 17.8 Å². The first-order valence-electron chi connectivity index (χ1n) is 7.29. The van der Waals surface area contributed by atoms with E-state index in [1.165, 1.54) is 11.9 Å². The second-order valence-corrected chi connectivity index (χ2v) is 5.30. The maximum absolute atomic E-state index is 12.5. The summed E-state index contributed by atoms with van der Waals surface area (Å²) in [6.45, 7) is 4.52. The zero-order valence-electron chi connectivity index (χ0n) is 12.8. The Labute approximate surface area is 125 Å². The molecule has 112 valence electrons. The molecule has 0 unspecified atom stereocenters. The molecule has 21 heavy (non-hydrogen) atoms. The van der Waals surface area contributed by atoms with Gasteiger partial charge in [-0.25, -0.2) is 9.69 Å². The Balaban J connectivity index is 2.34. The summed E-state index contributed by atoms with van der Waals surface area (Å²) in [4.78, 5) is 28.8. The summed E-state index contributed by atoms with van der Waals surface area (Å²) in [5.74, 6) is 0.469. The van der Waals surface area contributed by atoms with Gasteiger partial charge in [-0.05, 0) is 18.4 Å². The van der Waals surface area contributed by atoms with E-state index < -0.39 is 5.41 Å². The maximum atomic E-state index is 12.5. The Morgan fingerprint density at radius 1 is 1.14 bits per heavy atom. The van der Waals surface area contributed by atoms with Crippen LogP contribution in [0.15, 0.2) is 30.3 Å². The van der Waals surface area contributed by atoms with Gasteiger partial charge >= 0.3 is 6.03 Å². The summed E-state index contributed by atoms with van der Waals surface area (Å²) in [6, 6.07) is 9.52. The van der Waals surface area contributed by atoms with Crippen molar-refractivity contribution in [2.24, 2.45) is 5.41 Å². The number of hydrogen-bond donors (Lipinski definition) is 2.